The van der Waals surface area contributed by atoms with Crippen LogP contribution in [0.4, 0.5) is 0 Å². The van der Waals surface area contributed by atoms with Crippen LogP contribution >= 0.6 is 31.9 Å². The number of benzene rings is 1. The Bertz CT molecular complexity index is 572. The van der Waals surface area contributed by atoms with E-state index < -0.39 is 5.54 Å². The Labute approximate surface area is 135 Å². The van der Waals surface area contributed by atoms with Crippen molar-refractivity contribution in [2.75, 3.05) is 20.1 Å². The summed E-state index contributed by atoms with van der Waals surface area (Å²) in [6.07, 6.45) is 0. The van der Waals surface area contributed by atoms with Crippen molar-refractivity contribution in [2.45, 2.75) is 19.4 Å². The van der Waals surface area contributed by atoms with Crippen molar-refractivity contribution in [3.63, 3.8) is 0 Å². The fourth-order valence-corrected chi connectivity index (χ4v) is 3.59. The molecule has 1 aromatic carbocycles. The summed E-state index contributed by atoms with van der Waals surface area (Å²) >= 11 is 6.77. The lowest BCUT2D eigenvalue weighted by Crippen LogP contribution is -2.63. The normalized spacial score (nSPS) is 18.4. The first-order valence-electron chi connectivity index (χ1n) is 6.27. The van der Waals surface area contributed by atoms with Gasteiger partial charge < -0.3 is 9.80 Å². The molecule has 1 aliphatic rings. The van der Waals surface area contributed by atoms with Crippen LogP contribution in [0.3, 0.4) is 0 Å². The average Bonchev–Trinajstić information content (AvgIpc) is 2.35. The predicted octanol–water partition coefficient (Wildman–Crippen LogP) is 2.90. The summed E-state index contributed by atoms with van der Waals surface area (Å²) in [6, 6.07) is 5.41. The second kappa shape index (κ2) is 5.48. The maximum atomic E-state index is 12.7. The van der Waals surface area contributed by atoms with Crippen molar-refractivity contribution in [2.24, 2.45) is 0 Å². The topological polar surface area (TPSA) is 40.6 Å². The molecule has 2 rings (SSSR count). The SMILES string of the molecule is CN1CCN(C(=O)c2ccc(Br)cc2Br)C(C)(C)C1=O. The monoisotopic (exact) mass is 402 g/mol. The van der Waals surface area contributed by atoms with Gasteiger partial charge in [-0.1, -0.05) is 15.9 Å². The van der Waals surface area contributed by atoms with Crippen LogP contribution in [0.25, 0.3) is 0 Å². The van der Waals surface area contributed by atoms with E-state index in [4.69, 9.17) is 0 Å². The number of hydrogen-bond donors (Lipinski definition) is 0. The van der Waals surface area contributed by atoms with Crippen LogP contribution in [0.2, 0.25) is 0 Å². The molecule has 0 radical (unpaired) electrons. The van der Waals surface area contributed by atoms with Crippen LogP contribution in [0, 0.1) is 0 Å². The van der Waals surface area contributed by atoms with E-state index in [1.165, 1.54) is 0 Å². The maximum absolute atomic E-state index is 12.7. The number of rotatable bonds is 1. The van der Waals surface area contributed by atoms with Gasteiger partial charge in [-0.2, -0.15) is 0 Å². The molecule has 1 heterocycles. The Morgan fingerprint density at radius 1 is 1.25 bits per heavy atom. The third-order valence-electron chi connectivity index (χ3n) is 3.61. The molecular formula is C14H16Br2N2O2. The highest BCUT2D eigenvalue weighted by Gasteiger charge is 2.43. The van der Waals surface area contributed by atoms with Gasteiger partial charge >= 0.3 is 0 Å². The minimum Gasteiger partial charge on any atom is -0.342 e. The van der Waals surface area contributed by atoms with Crippen molar-refractivity contribution in [3.8, 4) is 0 Å². The summed E-state index contributed by atoms with van der Waals surface area (Å²) in [5.41, 5.74) is -0.255. The molecule has 108 valence electrons. The molecule has 0 bridgehead atoms. The molecule has 20 heavy (non-hydrogen) atoms. The number of carbonyl (C=O) groups is 2. The Balaban J connectivity index is 2.35. The minimum absolute atomic E-state index is 0.0367. The van der Waals surface area contributed by atoms with E-state index in [0.29, 0.717) is 18.7 Å². The van der Waals surface area contributed by atoms with E-state index >= 15 is 0 Å². The first-order chi connectivity index (χ1) is 9.25. The van der Waals surface area contributed by atoms with Crippen LogP contribution in [0.5, 0.6) is 0 Å². The van der Waals surface area contributed by atoms with E-state index in [0.717, 1.165) is 8.95 Å². The molecule has 0 spiro atoms. The first kappa shape index (κ1) is 15.5. The average molecular weight is 404 g/mol. The van der Waals surface area contributed by atoms with Gasteiger partial charge in [0.2, 0.25) is 5.91 Å². The lowest BCUT2D eigenvalue weighted by atomic mass is 9.96. The molecule has 1 saturated heterocycles. The van der Waals surface area contributed by atoms with Crippen LogP contribution in [0.15, 0.2) is 27.1 Å². The van der Waals surface area contributed by atoms with Crippen molar-refractivity contribution >= 4 is 43.7 Å². The van der Waals surface area contributed by atoms with E-state index in [2.05, 4.69) is 31.9 Å². The van der Waals surface area contributed by atoms with Crippen molar-refractivity contribution < 1.29 is 9.59 Å². The highest BCUT2D eigenvalue weighted by atomic mass is 79.9. The zero-order valence-electron chi connectivity index (χ0n) is 11.6. The Hall–Kier alpha value is -0.880. The van der Waals surface area contributed by atoms with Gasteiger partial charge in [-0.25, -0.2) is 0 Å². The number of nitrogens with zero attached hydrogens (tertiary/aromatic N) is 2. The molecule has 4 nitrogen and oxygen atoms in total. The fraction of sp³-hybridized carbons (Fsp3) is 0.429. The molecule has 0 saturated carbocycles. The first-order valence-corrected chi connectivity index (χ1v) is 7.86. The second-order valence-corrected chi connectivity index (χ2v) is 7.14. The summed E-state index contributed by atoms with van der Waals surface area (Å²) in [5.74, 6) is -0.166. The molecule has 1 aliphatic heterocycles. The smallest absolute Gasteiger partial charge is 0.255 e. The van der Waals surface area contributed by atoms with Gasteiger partial charge in [0.25, 0.3) is 5.91 Å². The van der Waals surface area contributed by atoms with Crippen molar-refractivity contribution in [3.05, 3.63) is 32.7 Å². The second-order valence-electron chi connectivity index (χ2n) is 5.37. The van der Waals surface area contributed by atoms with Gasteiger partial charge in [-0.05, 0) is 48.0 Å². The van der Waals surface area contributed by atoms with Gasteiger partial charge in [-0.15, -0.1) is 0 Å². The molecular weight excluding hydrogens is 388 g/mol. The third-order valence-corrected chi connectivity index (χ3v) is 4.76. The van der Waals surface area contributed by atoms with E-state index in [-0.39, 0.29) is 11.8 Å². The summed E-state index contributed by atoms with van der Waals surface area (Å²) in [6.45, 7) is 4.67. The van der Waals surface area contributed by atoms with Crippen LogP contribution in [-0.4, -0.2) is 47.3 Å². The summed E-state index contributed by atoms with van der Waals surface area (Å²) in [5, 5.41) is 0. The van der Waals surface area contributed by atoms with E-state index in [1.807, 2.05) is 12.1 Å². The van der Waals surface area contributed by atoms with Gasteiger partial charge in [0.15, 0.2) is 0 Å². The number of amides is 2. The van der Waals surface area contributed by atoms with Crippen LogP contribution in [-0.2, 0) is 4.79 Å². The van der Waals surface area contributed by atoms with Gasteiger partial charge in [0, 0.05) is 29.1 Å². The molecule has 1 fully saturated rings. The molecule has 6 heteroatoms. The molecule has 1 aromatic rings. The van der Waals surface area contributed by atoms with Gasteiger partial charge in [-0.3, -0.25) is 9.59 Å². The van der Waals surface area contributed by atoms with Gasteiger partial charge in [0.1, 0.15) is 5.54 Å². The summed E-state index contributed by atoms with van der Waals surface area (Å²) in [7, 11) is 1.77. The van der Waals surface area contributed by atoms with Crippen LogP contribution in [0.1, 0.15) is 24.2 Å². The fourth-order valence-electron chi connectivity index (χ4n) is 2.38. The number of likely N-dealkylation sites (N-methyl/N-ethyl adjacent to an activating group) is 1. The standard InChI is InChI=1S/C14H16Br2N2O2/c1-14(2)13(20)17(3)6-7-18(14)12(19)10-5-4-9(15)8-11(10)16/h4-5,8H,6-7H2,1-3H3. The van der Waals surface area contributed by atoms with Crippen LogP contribution < -0.4 is 0 Å². The maximum Gasteiger partial charge on any atom is 0.255 e. The third kappa shape index (κ3) is 2.63. The summed E-state index contributed by atoms with van der Waals surface area (Å²) < 4.78 is 1.62. The molecule has 0 aliphatic carbocycles. The zero-order chi connectivity index (χ0) is 15.1. The zero-order valence-corrected chi connectivity index (χ0v) is 14.8. The quantitative estimate of drug-likeness (QED) is 0.723. The lowest BCUT2D eigenvalue weighted by Gasteiger charge is -2.44. The molecule has 0 atom stereocenters. The largest absolute Gasteiger partial charge is 0.342 e. The molecule has 2 amide bonds. The Morgan fingerprint density at radius 3 is 2.50 bits per heavy atom. The minimum atomic E-state index is -0.823. The Kier molecular flexibility index (Phi) is 4.25. The number of halogens is 2. The summed E-state index contributed by atoms with van der Waals surface area (Å²) in [4.78, 5) is 28.3. The van der Waals surface area contributed by atoms with Crippen molar-refractivity contribution in [1.29, 1.82) is 0 Å². The van der Waals surface area contributed by atoms with E-state index in [1.54, 1.807) is 36.8 Å². The predicted molar refractivity (Wildman–Crippen MR) is 84.6 cm³/mol. The number of carbonyl (C=O) groups excluding carboxylic acids is 2. The van der Waals surface area contributed by atoms with Crippen molar-refractivity contribution in [1.82, 2.24) is 9.80 Å². The highest BCUT2D eigenvalue weighted by molar-refractivity contribution is 9.11. The Morgan fingerprint density at radius 2 is 1.90 bits per heavy atom. The van der Waals surface area contributed by atoms with E-state index in [9.17, 15) is 9.59 Å². The van der Waals surface area contributed by atoms with Gasteiger partial charge in [0.05, 0.1) is 5.56 Å². The molecule has 0 unspecified atom stereocenters. The number of hydrogen-bond acceptors (Lipinski definition) is 2. The number of piperazine rings is 1. The molecule has 0 aromatic heterocycles. The highest BCUT2D eigenvalue weighted by Crippen LogP contribution is 2.28. The lowest BCUT2D eigenvalue weighted by molar-refractivity contribution is -0.144. The molecule has 0 N–H and O–H groups in total.